The average Bonchev–Trinajstić information content (AvgIpc) is 2.34. The molecule has 1 N–H and O–H groups in total. The lowest BCUT2D eigenvalue weighted by atomic mass is 9.84. The largest absolute Gasteiger partial charge is 0.493 e. The molecular weight excluding hydrogens is 250 g/mol. The number of aliphatic hydroxyl groups is 1. The number of benzene rings is 1. The van der Waals surface area contributed by atoms with E-state index in [4.69, 9.17) is 9.47 Å². The molecule has 0 aromatic heterocycles. The summed E-state index contributed by atoms with van der Waals surface area (Å²) in [5.74, 6) is 0.616. The smallest absolute Gasteiger partial charge is 0.279 e. The molecule has 0 bridgehead atoms. The van der Waals surface area contributed by atoms with Crippen molar-refractivity contribution < 1.29 is 19.5 Å². The standard InChI is InChI=1S/C13H19NO5/c1-13(2,3)12(15)8-6-10(18-4)11(19-5)7-9(8)14(16)17/h6-7,12,15H,1-5H3/t12-/m1/s1. The number of hydrogen-bond donors (Lipinski definition) is 1. The molecule has 0 aliphatic carbocycles. The molecular formula is C13H19NO5. The van der Waals surface area contributed by atoms with Crippen molar-refractivity contribution in [2.75, 3.05) is 14.2 Å². The third-order valence-corrected chi connectivity index (χ3v) is 2.84. The molecule has 0 radical (unpaired) electrons. The molecule has 0 amide bonds. The molecule has 0 fully saturated rings. The van der Waals surface area contributed by atoms with Crippen LogP contribution in [0.2, 0.25) is 0 Å². The molecule has 6 nitrogen and oxygen atoms in total. The highest BCUT2D eigenvalue weighted by atomic mass is 16.6. The highest BCUT2D eigenvalue weighted by Gasteiger charge is 2.31. The minimum Gasteiger partial charge on any atom is -0.493 e. The summed E-state index contributed by atoms with van der Waals surface area (Å²) >= 11 is 0. The van der Waals surface area contributed by atoms with Gasteiger partial charge in [0.25, 0.3) is 5.69 Å². The molecule has 1 aromatic rings. The summed E-state index contributed by atoms with van der Waals surface area (Å²) in [6.07, 6.45) is -0.979. The maximum absolute atomic E-state index is 11.1. The van der Waals surface area contributed by atoms with E-state index < -0.39 is 16.4 Å². The Morgan fingerprint density at radius 3 is 2.05 bits per heavy atom. The van der Waals surface area contributed by atoms with Crippen molar-refractivity contribution in [3.63, 3.8) is 0 Å². The Balaban J connectivity index is 3.48. The van der Waals surface area contributed by atoms with E-state index in [0.717, 1.165) is 0 Å². The topological polar surface area (TPSA) is 81.8 Å². The predicted octanol–water partition coefficient (Wildman–Crippen LogP) is 2.69. The van der Waals surface area contributed by atoms with Gasteiger partial charge in [-0.2, -0.15) is 0 Å². The van der Waals surface area contributed by atoms with Gasteiger partial charge in [-0.25, -0.2) is 0 Å². The number of rotatable bonds is 4. The van der Waals surface area contributed by atoms with Crippen LogP contribution in [0.25, 0.3) is 0 Å². The van der Waals surface area contributed by atoms with Crippen LogP contribution >= 0.6 is 0 Å². The van der Waals surface area contributed by atoms with Crippen LogP contribution in [0.3, 0.4) is 0 Å². The normalized spacial score (nSPS) is 12.9. The summed E-state index contributed by atoms with van der Waals surface area (Å²) in [6, 6.07) is 2.72. The third kappa shape index (κ3) is 3.14. The van der Waals surface area contributed by atoms with Crippen molar-refractivity contribution in [2.24, 2.45) is 5.41 Å². The number of methoxy groups -OCH3 is 2. The summed E-state index contributed by atoms with van der Waals surface area (Å²) in [4.78, 5) is 10.6. The lowest BCUT2D eigenvalue weighted by Gasteiger charge is -2.26. The molecule has 0 aliphatic rings. The van der Waals surface area contributed by atoms with Gasteiger partial charge in [-0.05, 0) is 11.5 Å². The Hall–Kier alpha value is -1.82. The van der Waals surface area contributed by atoms with Crippen LogP contribution in [-0.4, -0.2) is 24.2 Å². The van der Waals surface area contributed by atoms with E-state index in [2.05, 4.69) is 0 Å². The number of nitro groups is 1. The number of ether oxygens (including phenoxy) is 2. The van der Waals surface area contributed by atoms with Crippen LogP contribution in [0.4, 0.5) is 5.69 Å². The van der Waals surface area contributed by atoms with Crippen molar-refractivity contribution in [1.29, 1.82) is 0 Å². The number of nitro benzene ring substituents is 1. The Morgan fingerprint density at radius 1 is 1.21 bits per heavy atom. The lowest BCUT2D eigenvalue weighted by molar-refractivity contribution is -0.386. The van der Waals surface area contributed by atoms with Crippen LogP contribution in [0.5, 0.6) is 11.5 Å². The first-order valence-electron chi connectivity index (χ1n) is 5.80. The second-order valence-corrected chi connectivity index (χ2v) is 5.29. The molecule has 1 aromatic carbocycles. The zero-order chi connectivity index (χ0) is 14.8. The zero-order valence-electron chi connectivity index (χ0n) is 11.8. The lowest BCUT2D eigenvalue weighted by Crippen LogP contribution is -2.19. The van der Waals surface area contributed by atoms with Crippen molar-refractivity contribution in [2.45, 2.75) is 26.9 Å². The van der Waals surface area contributed by atoms with E-state index in [0.29, 0.717) is 5.75 Å². The molecule has 106 valence electrons. The Bertz CT molecular complexity index is 479. The van der Waals surface area contributed by atoms with Crippen LogP contribution in [0.1, 0.15) is 32.4 Å². The quantitative estimate of drug-likeness (QED) is 0.671. The Morgan fingerprint density at radius 2 is 1.68 bits per heavy atom. The van der Waals surface area contributed by atoms with Gasteiger partial charge in [0.15, 0.2) is 11.5 Å². The number of nitrogens with zero attached hydrogens (tertiary/aromatic N) is 1. The van der Waals surface area contributed by atoms with Crippen molar-refractivity contribution in [3.05, 3.63) is 27.8 Å². The van der Waals surface area contributed by atoms with Crippen LogP contribution < -0.4 is 9.47 Å². The first-order valence-corrected chi connectivity index (χ1v) is 5.80. The maximum Gasteiger partial charge on any atom is 0.279 e. The SMILES string of the molecule is COc1cc([C@@H](O)C(C)(C)C)c([N+](=O)[O-])cc1OC. The minimum absolute atomic E-state index is 0.180. The van der Waals surface area contributed by atoms with E-state index in [9.17, 15) is 15.2 Å². The summed E-state index contributed by atoms with van der Waals surface area (Å²) < 4.78 is 10.2. The molecule has 0 unspecified atom stereocenters. The van der Waals surface area contributed by atoms with Crippen LogP contribution in [-0.2, 0) is 0 Å². The zero-order valence-corrected chi connectivity index (χ0v) is 11.8. The summed E-state index contributed by atoms with van der Waals surface area (Å²) in [5, 5.41) is 21.4. The molecule has 1 atom stereocenters. The highest BCUT2D eigenvalue weighted by Crippen LogP contribution is 2.42. The van der Waals surface area contributed by atoms with Gasteiger partial charge in [0, 0.05) is 0 Å². The number of aliphatic hydroxyl groups excluding tert-OH is 1. The van der Waals surface area contributed by atoms with E-state index >= 15 is 0 Å². The Labute approximate surface area is 112 Å². The second-order valence-electron chi connectivity index (χ2n) is 5.29. The first kappa shape index (κ1) is 15.2. The summed E-state index contributed by atoms with van der Waals surface area (Å²) in [7, 11) is 2.85. The molecule has 1 rings (SSSR count). The van der Waals surface area contributed by atoms with E-state index in [-0.39, 0.29) is 17.0 Å². The molecule has 19 heavy (non-hydrogen) atoms. The van der Waals surface area contributed by atoms with Crippen molar-refractivity contribution in [1.82, 2.24) is 0 Å². The predicted molar refractivity (Wildman–Crippen MR) is 70.6 cm³/mol. The number of hydrogen-bond acceptors (Lipinski definition) is 5. The average molecular weight is 269 g/mol. The van der Waals surface area contributed by atoms with Gasteiger partial charge in [0.1, 0.15) is 0 Å². The molecule has 0 aliphatic heterocycles. The van der Waals surface area contributed by atoms with Crippen molar-refractivity contribution >= 4 is 5.69 Å². The fraction of sp³-hybridized carbons (Fsp3) is 0.538. The third-order valence-electron chi connectivity index (χ3n) is 2.84. The van der Waals surface area contributed by atoms with Crippen LogP contribution in [0.15, 0.2) is 12.1 Å². The summed E-state index contributed by atoms with van der Waals surface area (Å²) in [6.45, 7) is 5.41. The fourth-order valence-electron chi connectivity index (χ4n) is 1.73. The van der Waals surface area contributed by atoms with Crippen molar-refractivity contribution in [3.8, 4) is 11.5 Å². The van der Waals surface area contributed by atoms with E-state index in [1.165, 1.54) is 26.4 Å². The second kappa shape index (κ2) is 5.44. The van der Waals surface area contributed by atoms with Gasteiger partial charge in [-0.3, -0.25) is 10.1 Å². The molecule has 6 heteroatoms. The van der Waals surface area contributed by atoms with E-state index in [1.54, 1.807) is 20.8 Å². The minimum atomic E-state index is -0.979. The van der Waals surface area contributed by atoms with Gasteiger partial charge in [0.2, 0.25) is 0 Å². The molecule has 0 spiro atoms. The Kier molecular flexibility index (Phi) is 4.36. The van der Waals surface area contributed by atoms with Gasteiger partial charge in [0.05, 0.1) is 36.9 Å². The van der Waals surface area contributed by atoms with Gasteiger partial charge >= 0.3 is 0 Å². The first-order chi connectivity index (χ1) is 8.72. The maximum atomic E-state index is 11.1. The summed E-state index contributed by atoms with van der Waals surface area (Å²) in [5.41, 5.74) is -0.486. The monoisotopic (exact) mass is 269 g/mol. The van der Waals surface area contributed by atoms with Gasteiger partial charge in [-0.1, -0.05) is 20.8 Å². The van der Waals surface area contributed by atoms with Crippen LogP contribution in [0, 0.1) is 15.5 Å². The fourth-order valence-corrected chi connectivity index (χ4v) is 1.73. The highest BCUT2D eigenvalue weighted by molar-refractivity contribution is 5.55. The molecule has 0 heterocycles. The van der Waals surface area contributed by atoms with Gasteiger partial charge < -0.3 is 14.6 Å². The van der Waals surface area contributed by atoms with Gasteiger partial charge in [-0.15, -0.1) is 0 Å². The molecule has 0 saturated carbocycles. The van der Waals surface area contributed by atoms with E-state index in [1.807, 2.05) is 0 Å². The molecule has 0 saturated heterocycles.